The van der Waals surface area contributed by atoms with Crippen molar-refractivity contribution in [2.75, 3.05) is 16.8 Å². The second-order valence-electron chi connectivity index (χ2n) is 6.27. The third kappa shape index (κ3) is 2.54. The van der Waals surface area contributed by atoms with E-state index < -0.39 is 0 Å². The molecular formula is C17H19N5OS. The van der Waals surface area contributed by atoms with Crippen LogP contribution in [0.3, 0.4) is 0 Å². The van der Waals surface area contributed by atoms with Crippen LogP contribution in [0, 0.1) is 13.8 Å². The molecule has 0 radical (unpaired) electrons. The number of anilines is 2. The normalized spacial score (nSPS) is 17.9. The van der Waals surface area contributed by atoms with Crippen molar-refractivity contribution in [2.24, 2.45) is 7.05 Å². The van der Waals surface area contributed by atoms with Crippen LogP contribution in [0.1, 0.15) is 17.7 Å². The Balaban J connectivity index is 1.52. The average molecular weight is 341 g/mol. The molecule has 1 aliphatic rings. The molecule has 1 saturated heterocycles. The molecule has 0 unspecified atom stereocenters. The fourth-order valence-corrected chi connectivity index (χ4v) is 4.11. The molecule has 3 aromatic rings. The molecule has 1 amide bonds. The molecule has 0 saturated carbocycles. The van der Waals surface area contributed by atoms with Gasteiger partial charge in [0.05, 0.1) is 16.4 Å². The first kappa shape index (κ1) is 15.1. The Morgan fingerprint density at radius 3 is 2.71 bits per heavy atom. The van der Waals surface area contributed by atoms with E-state index in [0.717, 1.165) is 26.9 Å². The van der Waals surface area contributed by atoms with Gasteiger partial charge in [0.2, 0.25) is 5.91 Å². The molecule has 2 aromatic heterocycles. The highest BCUT2D eigenvalue weighted by Gasteiger charge is 2.31. The highest BCUT2D eigenvalue weighted by Crippen LogP contribution is 2.30. The minimum absolute atomic E-state index is 0.0765. The predicted octanol–water partition coefficient (Wildman–Crippen LogP) is 2.86. The van der Waals surface area contributed by atoms with E-state index in [9.17, 15) is 4.79 Å². The molecule has 24 heavy (non-hydrogen) atoms. The van der Waals surface area contributed by atoms with Gasteiger partial charge in [-0.1, -0.05) is 29.0 Å². The minimum atomic E-state index is 0.0765. The quantitative estimate of drug-likeness (QED) is 0.796. The second-order valence-corrected chi connectivity index (χ2v) is 7.27. The van der Waals surface area contributed by atoms with Crippen LogP contribution in [0.4, 0.5) is 10.8 Å². The molecule has 7 heteroatoms. The first-order chi connectivity index (χ1) is 11.5. The second kappa shape index (κ2) is 5.59. The number of nitrogens with zero attached hydrogens (tertiary/aromatic N) is 4. The van der Waals surface area contributed by atoms with Crippen LogP contribution in [0.25, 0.3) is 10.3 Å². The van der Waals surface area contributed by atoms with Crippen molar-refractivity contribution in [3.05, 3.63) is 35.5 Å². The van der Waals surface area contributed by atoms with E-state index in [0.29, 0.717) is 13.0 Å². The van der Waals surface area contributed by atoms with Crippen molar-refractivity contribution >= 4 is 38.4 Å². The lowest BCUT2D eigenvalue weighted by Gasteiger charge is -2.17. The average Bonchev–Trinajstić information content (AvgIpc) is 3.18. The molecule has 0 spiro atoms. The van der Waals surface area contributed by atoms with E-state index in [1.807, 2.05) is 50.1 Å². The van der Waals surface area contributed by atoms with Crippen molar-refractivity contribution in [3.8, 4) is 0 Å². The zero-order chi connectivity index (χ0) is 16.8. The lowest BCUT2D eigenvalue weighted by atomic mass is 10.2. The van der Waals surface area contributed by atoms with Crippen molar-refractivity contribution < 1.29 is 4.79 Å². The van der Waals surface area contributed by atoms with Crippen LogP contribution < -0.4 is 10.2 Å². The maximum Gasteiger partial charge on any atom is 0.229 e. The maximum absolute atomic E-state index is 12.3. The van der Waals surface area contributed by atoms with E-state index in [1.54, 1.807) is 16.0 Å². The third-order valence-corrected chi connectivity index (χ3v) is 5.43. The molecule has 4 rings (SSSR count). The van der Waals surface area contributed by atoms with Crippen molar-refractivity contribution in [1.29, 1.82) is 0 Å². The summed E-state index contributed by atoms with van der Waals surface area (Å²) >= 11 is 1.60. The number of fused-ring (bicyclic) bond motifs is 1. The molecule has 1 atom stereocenters. The predicted molar refractivity (Wildman–Crippen MR) is 96.7 cm³/mol. The van der Waals surface area contributed by atoms with Gasteiger partial charge in [-0.2, -0.15) is 5.10 Å². The summed E-state index contributed by atoms with van der Waals surface area (Å²) in [6.45, 7) is 4.70. The molecular weight excluding hydrogens is 322 g/mol. The largest absolute Gasteiger partial charge is 0.356 e. The van der Waals surface area contributed by atoms with Gasteiger partial charge in [0.1, 0.15) is 0 Å². The van der Waals surface area contributed by atoms with E-state index in [-0.39, 0.29) is 11.9 Å². The Morgan fingerprint density at radius 1 is 1.25 bits per heavy atom. The first-order valence-electron chi connectivity index (χ1n) is 7.95. The Morgan fingerprint density at radius 2 is 2.00 bits per heavy atom. The number of aryl methyl sites for hydroxylation is 3. The molecule has 0 aliphatic carbocycles. The molecule has 3 heterocycles. The molecule has 1 aromatic carbocycles. The van der Waals surface area contributed by atoms with Crippen LogP contribution in [0.5, 0.6) is 0 Å². The molecule has 1 aliphatic heterocycles. The number of nitrogens with one attached hydrogen (secondary N) is 1. The van der Waals surface area contributed by atoms with Gasteiger partial charge >= 0.3 is 0 Å². The first-order valence-corrected chi connectivity index (χ1v) is 8.76. The number of hydrogen-bond donors (Lipinski definition) is 1. The summed E-state index contributed by atoms with van der Waals surface area (Å²) in [5, 5.41) is 8.64. The summed E-state index contributed by atoms with van der Waals surface area (Å²) in [6, 6.07) is 8.15. The van der Waals surface area contributed by atoms with Crippen LogP contribution in [-0.2, 0) is 11.8 Å². The van der Waals surface area contributed by atoms with Gasteiger partial charge < -0.3 is 10.2 Å². The lowest BCUT2D eigenvalue weighted by molar-refractivity contribution is -0.117. The number of thiazole rings is 1. The number of aromatic nitrogens is 3. The van der Waals surface area contributed by atoms with Gasteiger partial charge in [-0.3, -0.25) is 4.79 Å². The molecule has 1 N–H and O–H groups in total. The Bertz CT molecular complexity index is 877. The number of rotatable bonds is 3. The Labute approximate surface area is 144 Å². The van der Waals surface area contributed by atoms with Gasteiger partial charge in [0, 0.05) is 25.7 Å². The van der Waals surface area contributed by atoms with E-state index in [4.69, 9.17) is 0 Å². The summed E-state index contributed by atoms with van der Waals surface area (Å²) in [5.74, 6) is 0.148. The summed E-state index contributed by atoms with van der Waals surface area (Å²) < 4.78 is 2.89. The zero-order valence-electron chi connectivity index (χ0n) is 13.9. The molecule has 124 valence electrons. The standard InChI is InChI=1S/C17H19N5OS/c1-10-4-6-13(7-5-10)22-9-12(8-14(22)23)18-17-19-16-15(24-17)11(2)20-21(16)3/h4-7,12H,8-9H2,1-3H3,(H,18,19)/t12-/m0/s1. The van der Waals surface area contributed by atoms with E-state index in [1.165, 1.54) is 5.56 Å². The van der Waals surface area contributed by atoms with Crippen LogP contribution in [0.15, 0.2) is 24.3 Å². The van der Waals surface area contributed by atoms with Crippen molar-refractivity contribution in [3.63, 3.8) is 0 Å². The van der Waals surface area contributed by atoms with Crippen molar-refractivity contribution in [2.45, 2.75) is 26.3 Å². The van der Waals surface area contributed by atoms with E-state index in [2.05, 4.69) is 15.4 Å². The number of carbonyl (C=O) groups excluding carboxylic acids is 1. The highest BCUT2D eigenvalue weighted by molar-refractivity contribution is 7.22. The monoisotopic (exact) mass is 341 g/mol. The zero-order valence-corrected chi connectivity index (χ0v) is 14.7. The van der Waals surface area contributed by atoms with Gasteiger partial charge in [-0.25, -0.2) is 9.67 Å². The number of carbonyl (C=O) groups is 1. The minimum Gasteiger partial charge on any atom is -0.356 e. The fraction of sp³-hybridized carbons (Fsp3) is 0.353. The van der Waals surface area contributed by atoms with Gasteiger partial charge in [0.15, 0.2) is 10.8 Å². The lowest BCUT2D eigenvalue weighted by Crippen LogP contribution is -2.27. The summed E-state index contributed by atoms with van der Waals surface area (Å²) in [4.78, 5) is 18.8. The maximum atomic E-state index is 12.3. The molecule has 0 bridgehead atoms. The number of benzene rings is 1. The van der Waals surface area contributed by atoms with Crippen LogP contribution in [0.2, 0.25) is 0 Å². The Kier molecular flexibility index (Phi) is 3.53. The summed E-state index contributed by atoms with van der Waals surface area (Å²) in [7, 11) is 1.90. The highest BCUT2D eigenvalue weighted by atomic mass is 32.1. The van der Waals surface area contributed by atoms with Crippen LogP contribution in [-0.4, -0.2) is 33.3 Å². The van der Waals surface area contributed by atoms with Gasteiger partial charge in [0.25, 0.3) is 0 Å². The molecule has 1 fully saturated rings. The number of hydrogen-bond acceptors (Lipinski definition) is 5. The van der Waals surface area contributed by atoms with Crippen molar-refractivity contribution in [1.82, 2.24) is 14.8 Å². The Hall–Kier alpha value is -2.41. The van der Waals surface area contributed by atoms with Crippen LogP contribution >= 0.6 is 11.3 Å². The summed E-state index contributed by atoms with van der Waals surface area (Å²) in [5.41, 5.74) is 4.03. The third-order valence-electron chi connectivity index (χ3n) is 4.34. The van der Waals surface area contributed by atoms with E-state index >= 15 is 0 Å². The topological polar surface area (TPSA) is 63.0 Å². The fourth-order valence-electron chi connectivity index (χ4n) is 3.10. The molecule has 6 nitrogen and oxygen atoms in total. The SMILES string of the molecule is Cc1ccc(N2C[C@@H](Nc3nc4c(s3)c(C)nn4C)CC2=O)cc1. The summed E-state index contributed by atoms with van der Waals surface area (Å²) in [6.07, 6.45) is 0.487. The van der Waals surface area contributed by atoms with Gasteiger partial charge in [-0.05, 0) is 26.0 Å². The number of amides is 1. The van der Waals surface area contributed by atoms with Gasteiger partial charge in [-0.15, -0.1) is 0 Å². The smallest absolute Gasteiger partial charge is 0.229 e.